The summed E-state index contributed by atoms with van der Waals surface area (Å²) in [4.78, 5) is 69.6. The number of hydrogen-bond acceptors (Lipinski definition) is 10. The Morgan fingerprint density at radius 3 is 2.02 bits per heavy atom. The van der Waals surface area contributed by atoms with Gasteiger partial charge in [0.05, 0.1) is 26.6 Å². The third kappa shape index (κ3) is 17.5. The molecule has 4 N–H and O–H groups in total. The topological polar surface area (TPSA) is 178 Å². The molecular weight excluding hydrogens is 632 g/mol. The Hall–Kier alpha value is -3.77. The van der Waals surface area contributed by atoms with Crippen molar-refractivity contribution in [3.63, 3.8) is 0 Å². The van der Waals surface area contributed by atoms with E-state index in [0.29, 0.717) is 30.6 Å². The Kier molecular flexibility index (Phi) is 20.1. The van der Waals surface area contributed by atoms with Crippen LogP contribution in [0.3, 0.4) is 0 Å². The van der Waals surface area contributed by atoms with Gasteiger partial charge in [-0.1, -0.05) is 69.7 Å². The van der Waals surface area contributed by atoms with Gasteiger partial charge in [0.1, 0.15) is 23.2 Å². The largest absolute Gasteiger partial charge is 0.508 e. The van der Waals surface area contributed by atoms with Gasteiger partial charge in [-0.3, -0.25) is 19.2 Å². The molecule has 0 aliphatic heterocycles. The Morgan fingerprint density at radius 2 is 1.47 bits per heavy atom. The first-order chi connectivity index (χ1) is 23.2. The van der Waals surface area contributed by atoms with Gasteiger partial charge in [0.25, 0.3) is 0 Å². The number of methoxy groups -OCH3 is 1. The summed E-state index contributed by atoms with van der Waals surface area (Å²) in [5.74, 6) is -5.14. The number of rotatable bonds is 24. The number of nitrogens with one attached hydrogen (secondary N) is 2. The smallest absolute Gasteiger partial charge is 0.340 e. The minimum atomic E-state index is -2.69. The highest BCUT2D eigenvalue weighted by Gasteiger charge is 2.51. The lowest BCUT2D eigenvalue weighted by atomic mass is 9.82. The summed E-state index contributed by atoms with van der Waals surface area (Å²) in [5.41, 5.74) is -1.11. The second kappa shape index (κ2) is 22.8. The van der Waals surface area contributed by atoms with Crippen LogP contribution in [0.1, 0.15) is 117 Å². The number of phenols is 1. The van der Waals surface area contributed by atoms with Gasteiger partial charge in [0.2, 0.25) is 11.8 Å². The van der Waals surface area contributed by atoms with E-state index in [4.69, 9.17) is 9.47 Å². The van der Waals surface area contributed by atoms with Crippen LogP contribution in [0, 0.1) is 5.92 Å². The number of ether oxygens (including phenoxy) is 2. The number of Topliss-reactive ketones (excluding diaryl/α,β-unsaturated/α-hetero) is 1. The summed E-state index contributed by atoms with van der Waals surface area (Å²) >= 11 is 0. The van der Waals surface area contributed by atoms with Crippen molar-refractivity contribution < 1.29 is 48.5 Å². The van der Waals surface area contributed by atoms with Crippen molar-refractivity contribution in [2.45, 2.75) is 135 Å². The molecule has 12 heteroatoms. The summed E-state index contributed by atoms with van der Waals surface area (Å²) in [5, 5.41) is 24.1. The number of unbranched alkanes of at least 4 members (excludes halogenated alkanes) is 8. The van der Waals surface area contributed by atoms with Gasteiger partial charge in [-0.25, -0.2) is 15.1 Å². The van der Waals surface area contributed by atoms with Crippen molar-refractivity contribution in [3.05, 3.63) is 42.0 Å². The summed E-state index contributed by atoms with van der Waals surface area (Å²) in [7, 11) is 2.34. The maximum atomic E-state index is 13.9. The number of hydrogen-bond donors (Lipinski definition) is 4. The van der Waals surface area contributed by atoms with Crippen LogP contribution in [0.5, 0.6) is 5.75 Å². The third-order valence-electron chi connectivity index (χ3n) is 7.84. The summed E-state index contributed by atoms with van der Waals surface area (Å²) in [6, 6.07) is 4.78. The predicted molar refractivity (Wildman–Crippen MR) is 185 cm³/mol. The van der Waals surface area contributed by atoms with Gasteiger partial charge in [-0.05, 0) is 64.2 Å². The molecule has 0 fully saturated rings. The molecule has 2 amide bonds. The monoisotopic (exact) mass is 690 g/mol. The molecule has 1 aromatic rings. The maximum Gasteiger partial charge on any atom is 0.340 e. The third-order valence-corrected chi connectivity index (χ3v) is 7.84. The van der Waals surface area contributed by atoms with E-state index in [2.05, 4.69) is 22.6 Å². The van der Waals surface area contributed by atoms with E-state index in [0.717, 1.165) is 45.6 Å². The Bertz CT molecular complexity index is 1210. The van der Waals surface area contributed by atoms with Crippen LogP contribution in [0.4, 0.5) is 0 Å². The molecule has 1 aromatic carbocycles. The Labute approximate surface area is 291 Å². The maximum absolute atomic E-state index is 13.9. The highest BCUT2D eigenvalue weighted by Crippen LogP contribution is 2.29. The number of esters is 2. The van der Waals surface area contributed by atoms with Crippen molar-refractivity contribution in [3.8, 4) is 5.75 Å². The molecule has 0 spiro atoms. The molecule has 0 aliphatic rings. The van der Waals surface area contributed by atoms with Crippen LogP contribution in [-0.4, -0.2) is 71.2 Å². The van der Waals surface area contributed by atoms with E-state index in [1.165, 1.54) is 44.6 Å². The number of phenolic OH excluding ortho intramolecular Hbond substituents is 1. The SMILES string of the molecule is CCCCCCCC(=O)CCCCCC/C=C/[C@H](C(=O)N[C@@H](Cc1ccc(O)cc1)C(=O)OC)[C@@](O)(CC(=O)NOC)C(=O)OC(C)(C)C. The summed E-state index contributed by atoms with van der Waals surface area (Å²) < 4.78 is 10.4. The van der Waals surface area contributed by atoms with Crippen LogP contribution in [0.2, 0.25) is 0 Å². The van der Waals surface area contributed by atoms with Gasteiger partial charge in [-0.2, -0.15) is 0 Å². The molecule has 0 unspecified atom stereocenters. The second-order valence-electron chi connectivity index (χ2n) is 13.3. The number of carbonyl (C=O) groups is 5. The Morgan fingerprint density at radius 1 is 0.878 bits per heavy atom. The molecule has 0 saturated heterocycles. The molecule has 0 aromatic heterocycles. The molecule has 0 heterocycles. The number of ketones is 1. The Balaban J connectivity index is 3.13. The first-order valence-corrected chi connectivity index (χ1v) is 17.3. The highest BCUT2D eigenvalue weighted by molar-refractivity contribution is 5.96. The van der Waals surface area contributed by atoms with Crippen molar-refractivity contribution in [2.24, 2.45) is 5.92 Å². The molecule has 49 heavy (non-hydrogen) atoms. The van der Waals surface area contributed by atoms with Gasteiger partial charge in [-0.15, -0.1) is 0 Å². The molecule has 0 aliphatic carbocycles. The van der Waals surface area contributed by atoms with Gasteiger partial charge in [0, 0.05) is 19.3 Å². The predicted octanol–water partition coefficient (Wildman–Crippen LogP) is 5.18. The standard InChI is InChI=1S/C37H58N2O10/c1-7-8-9-12-15-18-28(40)19-16-13-10-11-14-17-20-30(37(46,26-32(42)39-48-6)35(45)49-36(2,3)4)33(43)38-31(34(44)47-5)25-27-21-23-29(41)24-22-27/h17,20-24,30-31,41,46H,7-16,18-19,25-26H2,1-6H3,(H,38,43)(H,39,42)/b20-17+/t30-,31+,37+/m1/s1. The number of benzene rings is 1. The normalized spacial score (nSPS) is 14.0. The molecular formula is C37H58N2O10. The first kappa shape index (κ1) is 43.3. The van der Waals surface area contributed by atoms with Crippen LogP contribution in [0.15, 0.2) is 36.4 Å². The number of carbonyl (C=O) groups excluding carboxylic acids is 5. The fraction of sp³-hybridized carbons (Fsp3) is 0.649. The van der Waals surface area contributed by atoms with Crippen molar-refractivity contribution >= 4 is 29.5 Å². The highest BCUT2D eigenvalue weighted by atomic mass is 16.6. The van der Waals surface area contributed by atoms with Gasteiger partial charge in [0.15, 0.2) is 5.60 Å². The van der Waals surface area contributed by atoms with Gasteiger partial charge >= 0.3 is 11.9 Å². The number of amides is 2. The zero-order chi connectivity index (χ0) is 36.9. The minimum absolute atomic E-state index is 0.0195. The summed E-state index contributed by atoms with van der Waals surface area (Å²) in [6.45, 7) is 6.90. The number of aliphatic hydroxyl groups is 1. The molecule has 276 valence electrons. The molecule has 0 bridgehead atoms. The second-order valence-corrected chi connectivity index (χ2v) is 13.3. The van der Waals surface area contributed by atoms with Crippen LogP contribution < -0.4 is 10.8 Å². The van der Waals surface area contributed by atoms with E-state index in [9.17, 15) is 34.2 Å². The van der Waals surface area contributed by atoms with Crippen LogP contribution in [0.25, 0.3) is 0 Å². The van der Waals surface area contributed by atoms with E-state index in [-0.39, 0.29) is 12.2 Å². The van der Waals surface area contributed by atoms with Crippen LogP contribution in [-0.2, 0) is 44.7 Å². The first-order valence-electron chi connectivity index (χ1n) is 17.3. The molecule has 0 saturated carbocycles. The lowest BCUT2D eigenvalue weighted by molar-refractivity contribution is -0.186. The van der Waals surface area contributed by atoms with E-state index < -0.39 is 53.3 Å². The fourth-order valence-electron chi connectivity index (χ4n) is 5.22. The van der Waals surface area contributed by atoms with Crippen molar-refractivity contribution in [1.82, 2.24) is 10.8 Å². The van der Waals surface area contributed by atoms with Crippen LogP contribution >= 0.6 is 0 Å². The van der Waals surface area contributed by atoms with Crippen molar-refractivity contribution in [2.75, 3.05) is 14.2 Å². The minimum Gasteiger partial charge on any atom is -0.508 e. The van der Waals surface area contributed by atoms with E-state index in [1.807, 2.05) is 0 Å². The molecule has 12 nitrogen and oxygen atoms in total. The average molecular weight is 691 g/mol. The zero-order valence-corrected chi connectivity index (χ0v) is 30.2. The lowest BCUT2D eigenvalue weighted by Crippen LogP contribution is -2.57. The fourth-order valence-corrected chi connectivity index (χ4v) is 5.22. The lowest BCUT2D eigenvalue weighted by Gasteiger charge is -2.34. The van der Waals surface area contributed by atoms with Gasteiger partial charge < -0.3 is 25.0 Å². The van der Waals surface area contributed by atoms with Crippen molar-refractivity contribution in [1.29, 1.82) is 0 Å². The molecule has 3 atom stereocenters. The van der Waals surface area contributed by atoms with E-state index in [1.54, 1.807) is 39.0 Å². The molecule has 1 rings (SSSR count). The molecule has 0 radical (unpaired) electrons. The summed E-state index contributed by atoms with van der Waals surface area (Å²) in [6.07, 6.45) is 12.5. The average Bonchev–Trinajstić information content (AvgIpc) is 3.03. The van der Waals surface area contributed by atoms with E-state index >= 15 is 0 Å². The quantitative estimate of drug-likeness (QED) is 0.0489. The number of hydroxylamine groups is 1. The number of aromatic hydroxyl groups is 1. The number of allylic oxidation sites excluding steroid dienone is 1. The zero-order valence-electron chi connectivity index (χ0n) is 30.2.